The summed E-state index contributed by atoms with van der Waals surface area (Å²) in [7, 11) is -3.54. The normalized spacial score (nSPS) is 11.3. The van der Waals surface area contributed by atoms with Gasteiger partial charge in [0, 0.05) is 6.54 Å². The Bertz CT molecular complexity index is 867. The van der Waals surface area contributed by atoms with Crippen LogP contribution in [0.4, 0.5) is 5.69 Å². The molecule has 0 saturated heterocycles. The Morgan fingerprint density at radius 1 is 1.11 bits per heavy atom. The maximum absolute atomic E-state index is 12.2. The summed E-state index contributed by atoms with van der Waals surface area (Å²) in [6.07, 6.45) is 2.77. The molecule has 152 valence electrons. The number of sulfonamides is 1. The number of aryl methyl sites for hydroxylation is 1. The van der Waals surface area contributed by atoms with Gasteiger partial charge in [-0.1, -0.05) is 30.3 Å². The largest absolute Gasteiger partial charge is 0.491 e. The van der Waals surface area contributed by atoms with Gasteiger partial charge in [0.1, 0.15) is 12.3 Å². The topological polar surface area (TPSA) is 75.7 Å². The highest BCUT2D eigenvalue weighted by Crippen LogP contribution is 2.17. The summed E-state index contributed by atoms with van der Waals surface area (Å²) in [5.74, 6) is 0.509. The molecular weight excluding hydrogens is 376 g/mol. The van der Waals surface area contributed by atoms with Crippen molar-refractivity contribution in [3.8, 4) is 5.75 Å². The second-order valence-corrected chi connectivity index (χ2v) is 8.78. The van der Waals surface area contributed by atoms with E-state index in [1.54, 1.807) is 30.3 Å². The van der Waals surface area contributed by atoms with Crippen molar-refractivity contribution in [3.05, 3.63) is 60.2 Å². The lowest BCUT2D eigenvalue weighted by Crippen LogP contribution is -2.40. The van der Waals surface area contributed by atoms with Crippen LogP contribution in [0.25, 0.3) is 0 Å². The molecule has 0 aromatic heterocycles. The number of nitrogens with zero attached hydrogens (tertiary/aromatic N) is 1. The lowest BCUT2D eigenvalue weighted by molar-refractivity contribution is -0.119. The second-order valence-electron chi connectivity index (χ2n) is 6.87. The van der Waals surface area contributed by atoms with Crippen LogP contribution < -0.4 is 14.4 Å². The van der Waals surface area contributed by atoms with Gasteiger partial charge in [-0.3, -0.25) is 9.10 Å². The summed E-state index contributed by atoms with van der Waals surface area (Å²) in [6.45, 7) is 4.20. The standard InChI is InChI=1S/C21H28N2O4S/c1-17(2)27-20-13-7-9-18(15-20)10-8-14-22-21(24)16-23(28(3,25)26)19-11-5-4-6-12-19/h4-7,9,11-13,15,17H,8,10,14,16H2,1-3H3,(H,22,24). The maximum Gasteiger partial charge on any atom is 0.240 e. The van der Waals surface area contributed by atoms with E-state index < -0.39 is 10.0 Å². The highest BCUT2D eigenvalue weighted by atomic mass is 32.2. The van der Waals surface area contributed by atoms with Crippen LogP contribution in [0.2, 0.25) is 0 Å². The van der Waals surface area contributed by atoms with Crippen LogP contribution in [0, 0.1) is 0 Å². The number of benzene rings is 2. The summed E-state index contributed by atoms with van der Waals surface area (Å²) in [4.78, 5) is 12.2. The van der Waals surface area contributed by atoms with Crippen LogP contribution in [0.1, 0.15) is 25.8 Å². The van der Waals surface area contributed by atoms with Crippen molar-refractivity contribution in [2.24, 2.45) is 0 Å². The van der Waals surface area contributed by atoms with Gasteiger partial charge in [-0.25, -0.2) is 8.42 Å². The van der Waals surface area contributed by atoms with Crippen molar-refractivity contribution in [2.45, 2.75) is 32.8 Å². The molecule has 0 unspecified atom stereocenters. The summed E-state index contributed by atoms with van der Waals surface area (Å²) in [5.41, 5.74) is 1.61. The molecule has 0 fully saturated rings. The number of hydrogen-bond donors (Lipinski definition) is 1. The molecule has 28 heavy (non-hydrogen) atoms. The highest BCUT2D eigenvalue weighted by molar-refractivity contribution is 7.92. The van der Waals surface area contributed by atoms with Gasteiger partial charge in [0.05, 0.1) is 18.0 Å². The third-order valence-corrected chi connectivity index (χ3v) is 5.11. The molecule has 7 heteroatoms. The average Bonchev–Trinajstić information content (AvgIpc) is 2.63. The predicted molar refractivity (Wildman–Crippen MR) is 112 cm³/mol. The number of ether oxygens (including phenoxy) is 1. The summed E-state index contributed by atoms with van der Waals surface area (Å²) in [6, 6.07) is 16.5. The van der Waals surface area contributed by atoms with Gasteiger partial charge in [0.25, 0.3) is 0 Å². The van der Waals surface area contributed by atoms with E-state index in [0.717, 1.165) is 34.7 Å². The molecule has 0 aliphatic heterocycles. The van der Waals surface area contributed by atoms with Crippen LogP contribution in [0.15, 0.2) is 54.6 Å². The lowest BCUT2D eigenvalue weighted by Gasteiger charge is -2.21. The smallest absolute Gasteiger partial charge is 0.240 e. The molecule has 0 aliphatic rings. The summed E-state index contributed by atoms with van der Waals surface area (Å²) >= 11 is 0. The first-order chi connectivity index (χ1) is 13.3. The monoisotopic (exact) mass is 404 g/mol. The first kappa shape index (κ1) is 21.8. The maximum atomic E-state index is 12.2. The van der Waals surface area contributed by atoms with E-state index in [0.29, 0.717) is 12.2 Å². The number of nitrogens with one attached hydrogen (secondary N) is 1. The molecule has 6 nitrogen and oxygen atoms in total. The molecule has 0 aliphatic carbocycles. The van der Waals surface area contributed by atoms with Crippen molar-refractivity contribution in [3.63, 3.8) is 0 Å². The van der Waals surface area contributed by atoms with E-state index >= 15 is 0 Å². The number of hydrogen-bond acceptors (Lipinski definition) is 4. The zero-order valence-corrected chi connectivity index (χ0v) is 17.4. The molecule has 0 atom stereocenters. The zero-order valence-electron chi connectivity index (χ0n) is 16.6. The van der Waals surface area contributed by atoms with Gasteiger partial charge in [0.2, 0.25) is 15.9 Å². The van der Waals surface area contributed by atoms with E-state index in [1.165, 1.54) is 0 Å². The molecule has 1 amide bonds. The van der Waals surface area contributed by atoms with Gasteiger partial charge in [-0.15, -0.1) is 0 Å². The lowest BCUT2D eigenvalue weighted by atomic mass is 10.1. The molecule has 2 aromatic rings. The Hall–Kier alpha value is -2.54. The Labute approximate surface area is 167 Å². The SMILES string of the molecule is CC(C)Oc1cccc(CCCNC(=O)CN(c2ccccc2)S(C)(=O)=O)c1. The van der Waals surface area contributed by atoms with Crippen molar-refractivity contribution in [1.82, 2.24) is 5.32 Å². The molecular formula is C21H28N2O4S. The van der Waals surface area contributed by atoms with E-state index in [4.69, 9.17) is 4.74 Å². The first-order valence-corrected chi connectivity index (χ1v) is 11.2. The molecule has 0 spiro atoms. The molecule has 2 aromatic carbocycles. The first-order valence-electron chi connectivity index (χ1n) is 9.31. The Morgan fingerprint density at radius 2 is 1.82 bits per heavy atom. The third kappa shape index (κ3) is 7.23. The second kappa shape index (κ2) is 10.1. The van der Waals surface area contributed by atoms with Crippen molar-refractivity contribution in [2.75, 3.05) is 23.7 Å². The Morgan fingerprint density at radius 3 is 2.46 bits per heavy atom. The molecule has 0 saturated carbocycles. The minimum atomic E-state index is -3.54. The van der Waals surface area contributed by atoms with Gasteiger partial charge in [0.15, 0.2) is 0 Å². The van der Waals surface area contributed by atoms with Crippen LogP contribution in [0.5, 0.6) is 5.75 Å². The van der Waals surface area contributed by atoms with Gasteiger partial charge in [-0.2, -0.15) is 0 Å². The number of para-hydroxylation sites is 1. The fourth-order valence-electron chi connectivity index (χ4n) is 2.75. The summed E-state index contributed by atoms with van der Waals surface area (Å²) in [5, 5.41) is 2.80. The molecule has 2 rings (SSSR count). The summed E-state index contributed by atoms with van der Waals surface area (Å²) < 4.78 is 30.8. The average molecular weight is 405 g/mol. The fraction of sp³-hybridized carbons (Fsp3) is 0.381. The van der Waals surface area contributed by atoms with Gasteiger partial charge < -0.3 is 10.1 Å². The van der Waals surface area contributed by atoms with E-state index in [9.17, 15) is 13.2 Å². The number of anilines is 1. The number of carbonyl (C=O) groups is 1. The van der Waals surface area contributed by atoms with Crippen molar-refractivity contribution >= 4 is 21.6 Å². The highest BCUT2D eigenvalue weighted by Gasteiger charge is 2.20. The Balaban J connectivity index is 1.83. The van der Waals surface area contributed by atoms with Gasteiger partial charge in [-0.05, 0) is 56.5 Å². The molecule has 0 heterocycles. The van der Waals surface area contributed by atoms with Crippen LogP contribution in [-0.2, 0) is 21.2 Å². The van der Waals surface area contributed by atoms with Crippen molar-refractivity contribution in [1.29, 1.82) is 0 Å². The van der Waals surface area contributed by atoms with E-state index in [1.807, 2.05) is 38.1 Å². The van der Waals surface area contributed by atoms with Crippen LogP contribution in [-0.4, -0.2) is 39.8 Å². The van der Waals surface area contributed by atoms with E-state index in [-0.39, 0.29) is 18.6 Å². The quantitative estimate of drug-likeness (QED) is 0.618. The van der Waals surface area contributed by atoms with Gasteiger partial charge >= 0.3 is 0 Å². The predicted octanol–water partition coefficient (Wildman–Crippen LogP) is 2.99. The molecule has 0 bridgehead atoms. The van der Waals surface area contributed by atoms with Crippen LogP contribution in [0.3, 0.4) is 0 Å². The molecule has 0 radical (unpaired) electrons. The minimum Gasteiger partial charge on any atom is -0.491 e. The Kier molecular flexibility index (Phi) is 7.87. The number of carbonyl (C=O) groups excluding carboxylic acids is 1. The third-order valence-electron chi connectivity index (χ3n) is 3.97. The van der Waals surface area contributed by atoms with E-state index in [2.05, 4.69) is 5.32 Å². The van der Waals surface area contributed by atoms with Crippen LogP contribution >= 0.6 is 0 Å². The fourth-order valence-corrected chi connectivity index (χ4v) is 3.60. The molecule has 1 N–H and O–H groups in total. The number of amides is 1. The van der Waals surface area contributed by atoms with Crippen molar-refractivity contribution < 1.29 is 17.9 Å². The number of rotatable bonds is 10. The minimum absolute atomic E-state index is 0.122. The zero-order chi connectivity index (χ0) is 20.6.